The molecule has 0 spiro atoms. The third-order valence-corrected chi connectivity index (χ3v) is 8.12. The lowest BCUT2D eigenvalue weighted by Gasteiger charge is -2.30. The van der Waals surface area contributed by atoms with E-state index in [9.17, 15) is 9.90 Å². The van der Waals surface area contributed by atoms with Crippen LogP contribution >= 0.6 is 0 Å². The zero-order valence-electron chi connectivity index (χ0n) is 24.0. The summed E-state index contributed by atoms with van der Waals surface area (Å²) >= 11 is 0. The van der Waals surface area contributed by atoms with Crippen LogP contribution in [0.5, 0.6) is 5.75 Å². The molecule has 0 saturated carbocycles. The maximum Gasteiger partial charge on any atom is 0.333 e. The Kier molecular flexibility index (Phi) is 9.50. The van der Waals surface area contributed by atoms with Gasteiger partial charge < -0.3 is 14.6 Å². The second-order valence-electron chi connectivity index (χ2n) is 10.9. The maximum atomic E-state index is 11.3. The summed E-state index contributed by atoms with van der Waals surface area (Å²) in [6.07, 6.45) is 3.62. The van der Waals surface area contributed by atoms with Crippen LogP contribution in [0.15, 0.2) is 97.1 Å². The van der Waals surface area contributed by atoms with Crippen LogP contribution in [0.1, 0.15) is 45.0 Å². The molecule has 212 valence electrons. The van der Waals surface area contributed by atoms with E-state index in [1.807, 2.05) is 24.3 Å². The van der Waals surface area contributed by atoms with Crippen molar-refractivity contribution in [2.45, 2.75) is 44.2 Å². The molecule has 4 aromatic carbocycles. The number of hydrogen-bond acceptors (Lipinski definition) is 4. The van der Waals surface area contributed by atoms with Gasteiger partial charge in [0.2, 0.25) is 0 Å². The minimum Gasteiger partial charge on any atom is -0.492 e. The fourth-order valence-corrected chi connectivity index (χ4v) is 5.80. The third kappa shape index (κ3) is 7.24. The van der Waals surface area contributed by atoms with E-state index in [1.54, 1.807) is 0 Å². The van der Waals surface area contributed by atoms with E-state index in [0.29, 0.717) is 13.0 Å². The minimum atomic E-state index is -0.958. The van der Waals surface area contributed by atoms with E-state index >= 15 is 0 Å². The highest BCUT2D eigenvalue weighted by atomic mass is 16.5. The molecule has 5 heteroatoms. The fourth-order valence-electron chi connectivity index (χ4n) is 5.80. The van der Waals surface area contributed by atoms with Crippen LogP contribution in [0.3, 0.4) is 0 Å². The Labute approximate surface area is 243 Å². The van der Waals surface area contributed by atoms with Crippen LogP contribution in [-0.4, -0.2) is 49.4 Å². The molecule has 0 aliphatic heterocycles. The summed E-state index contributed by atoms with van der Waals surface area (Å²) in [5.74, 6) is -0.183. The van der Waals surface area contributed by atoms with Crippen LogP contribution in [0.4, 0.5) is 0 Å². The number of carbonyl (C=O) groups is 1. The molecule has 1 aliphatic carbocycles. The van der Waals surface area contributed by atoms with Gasteiger partial charge in [-0.15, -0.1) is 0 Å². The van der Waals surface area contributed by atoms with Gasteiger partial charge in [0.1, 0.15) is 12.4 Å². The molecule has 1 N–H and O–H groups in total. The zero-order valence-corrected chi connectivity index (χ0v) is 24.0. The number of methoxy groups -OCH3 is 1. The molecular weight excluding hydrogens is 510 g/mol. The number of carboxylic acids is 1. The molecule has 2 atom stereocenters. The summed E-state index contributed by atoms with van der Waals surface area (Å²) in [5, 5.41) is 9.24. The second-order valence-corrected chi connectivity index (χ2v) is 10.9. The first-order valence-corrected chi connectivity index (χ1v) is 14.4. The largest absolute Gasteiger partial charge is 0.492 e. The predicted octanol–water partition coefficient (Wildman–Crippen LogP) is 6.31. The van der Waals surface area contributed by atoms with Crippen molar-refractivity contribution < 1.29 is 19.4 Å². The first kappa shape index (κ1) is 28.6. The van der Waals surface area contributed by atoms with E-state index in [4.69, 9.17) is 9.47 Å². The molecule has 5 rings (SSSR count). The minimum absolute atomic E-state index is 0.161. The average Bonchev–Trinajstić information content (AvgIpc) is 3.16. The summed E-state index contributed by atoms with van der Waals surface area (Å²) in [5.41, 5.74) is 9.26. The van der Waals surface area contributed by atoms with Gasteiger partial charge in [-0.2, -0.15) is 0 Å². The molecule has 4 aromatic rings. The van der Waals surface area contributed by atoms with Crippen molar-refractivity contribution in [3.63, 3.8) is 0 Å². The van der Waals surface area contributed by atoms with Gasteiger partial charge in [0.25, 0.3) is 0 Å². The van der Waals surface area contributed by atoms with Gasteiger partial charge in [-0.05, 0) is 83.8 Å². The van der Waals surface area contributed by atoms with E-state index in [0.717, 1.165) is 43.5 Å². The van der Waals surface area contributed by atoms with Crippen LogP contribution in [-0.2, 0) is 41.6 Å². The van der Waals surface area contributed by atoms with Gasteiger partial charge in [-0.3, -0.25) is 4.90 Å². The molecule has 0 heterocycles. The van der Waals surface area contributed by atoms with Crippen molar-refractivity contribution in [3.05, 3.63) is 136 Å². The van der Waals surface area contributed by atoms with E-state index in [-0.39, 0.29) is 6.04 Å². The Hall–Kier alpha value is -3.93. The Morgan fingerprint density at radius 3 is 2.22 bits per heavy atom. The number of rotatable bonds is 12. The highest BCUT2D eigenvalue weighted by molar-refractivity contribution is 5.72. The van der Waals surface area contributed by atoms with Crippen molar-refractivity contribution in [2.75, 3.05) is 27.3 Å². The number of aryl methyl sites for hydroxylation is 4. The van der Waals surface area contributed by atoms with Gasteiger partial charge in [0.15, 0.2) is 6.10 Å². The number of likely N-dealkylation sites (N-methyl/N-ethyl adjacent to an activating group) is 1. The van der Waals surface area contributed by atoms with Crippen molar-refractivity contribution >= 4 is 5.97 Å². The summed E-state index contributed by atoms with van der Waals surface area (Å²) in [6.45, 7) is 1.31. The molecule has 0 radical (unpaired) electrons. The van der Waals surface area contributed by atoms with Crippen molar-refractivity contribution in [2.24, 2.45) is 0 Å². The van der Waals surface area contributed by atoms with Crippen LogP contribution < -0.4 is 4.74 Å². The van der Waals surface area contributed by atoms with Gasteiger partial charge in [0, 0.05) is 20.1 Å². The summed E-state index contributed by atoms with van der Waals surface area (Å²) in [6, 6.07) is 34.4. The fraction of sp³-hybridized carbons (Fsp3) is 0.306. The van der Waals surface area contributed by atoms with Crippen LogP contribution in [0.25, 0.3) is 0 Å². The van der Waals surface area contributed by atoms with E-state index in [1.165, 1.54) is 40.5 Å². The number of fused-ring (bicyclic) bond motifs is 2. The number of ether oxygens (including phenoxy) is 2. The number of aliphatic carboxylic acids is 1. The smallest absolute Gasteiger partial charge is 0.333 e. The average molecular weight is 550 g/mol. The number of hydrogen-bond donors (Lipinski definition) is 1. The first-order valence-electron chi connectivity index (χ1n) is 14.4. The SMILES string of the molecule is COC(Cc1ccc(OCCN(C)C2c3ccccc3CCc3ccc(CCc4ccccc4)cc32)cc1)C(=O)O. The first-order chi connectivity index (χ1) is 20.0. The molecule has 2 unspecified atom stereocenters. The standard InChI is InChI=1S/C36H39NO4/c1-37(22-23-41-31-20-15-28(16-21-31)25-34(40-2)36(38)39)35-32-11-7-6-10-29(32)18-19-30-17-14-27(24-33(30)35)13-12-26-8-4-3-5-9-26/h3-11,14-17,20-21,24,34-35H,12-13,18-19,22-23,25H2,1-2H3,(H,38,39). The lowest BCUT2D eigenvalue weighted by molar-refractivity contribution is -0.148. The number of nitrogens with zero attached hydrogens (tertiary/aromatic N) is 1. The van der Waals surface area contributed by atoms with Crippen molar-refractivity contribution in [1.82, 2.24) is 4.90 Å². The predicted molar refractivity (Wildman–Crippen MR) is 163 cm³/mol. The molecule has 0 bridgehead atoms. The van der Waals surface area contributed by atoms with Crippen molar-refractivity contribution in [3.8, 4) is 5.75 Å². The summed E-state index contributed by atoms with van der Waals surface area (Å²) in [4.78, 5) is 13.7. The normalized spacial score (nSPS) is 15.0. The lowest BCUT2D eigenvalue weighted by atomic mass is 9.91. The van der Waals surface area contributed by atoms with Crippen LogP contribution in [0.2, 0.25) is 0 Å². The quantitative estimate of drug-likeness (QED) is 0.224. The lowest BCUT2D eigenvalue weighted by Crippen LogP contribution is -2.30. The molecule has 5 nitrogen and oxygen atoms in total. The van der Waals surface area contributed by atoms with Gasteiger partial charge >= 0.3 is 5.97 Å². The van der Waals surface area contributed by atoms with E-state index in [2.05, 4.69) is 84.7 Å². The van der Waals surface area contributed by atoms with Gasteiger partial charge in [0.05, 0.1) is 6.04 Å². The third-order valence-electron chi connectivity index (χ3n) is 8.12. The maximum absolute atomic E-state index is 11.3. The molecule has 0 amide bonds. The molecule has 0 aromatic heterocycles. The Morgan fingerprint density at radius 2 is 1.49 bits per heavy atom. The number of benzene rings is 4. The van der Waals surface area contributed by atoms with Gasteiger partial charge in [-0.25, -0.2) is 4.79 Å². The summed E-state index contributed by atoms with van der Waals surface area (Å²) in [7, 11) is 3.61. The molecular formula is C36H39NO4. The van der Waals surface area contributed by atoms with Crippen molar-refractivity contribution in [1.29, 1.82) is 0 Å². The Morgan fingerprint density at radius 1 is 0.829 bits per heavy atom. The van der Waals surface area contributed by atoms with Gasteiger partial charge in [-0.1, -0.05) is 84.9 Å². The molecule has 41 heavy (non-hydrogen) atoms. The Balaban J connectivity index is 1.29. The van der Waals surface area contributed by atoms with Crippen LogP contribution in [0, 0.1) is 0 Å². The zero-order chi connectivity index (χ0) is 28.6. The number of carboxylic acid groups (broad SMARTS) is 1. The molecule has 0 fully saturated rings. The Bertz CT molecular complexity index is 1430. The molecule has 1 aliphatic rings. The second kappa shape index (κ2) is 13.6. The molecule has 0 saturated heterocycles. The van der Waals surface area contributed by atoms with E-state index < -0.39 is 12.1 Å². The highest BCUT2D eigenvalue weighted by Crippen LogP contribution is 2.37. The topological polar surface area (TPSA) is 59.0 Å². The highest BCUT2D eigenvalue weighted by Gasteiger charge is 2.27. The monoisotopic (exact) mass is 549 g/mol. The summed E-state index contributed by atoms with van der Waals surface area (Å²) < 4.78 is 11.2.